The van der Waals surface area contributed by atoms with Crippen molar-refractivity contribution in [3.63, 3.8) is 0 Å². The van der Waals surface area contributed by atoms with Gasteiger partial charge < -0.3 is 10.4 Å². The summed E-state index contributed by atoms with van der Waals surface area (Å²) in [6.07, 6.45) is 3.09. The molecule has 1 fully saturated rings. The second-order valence-corrected chi connectivity index (χ2v) is 5.85. The molecule has 0 heterocycles. The lowest BCUT2D eigenvalue weighted by atomic mass is 9.98. The van der Waals surface area contributed by atoms with Gasteiger partial charge in [0.05, 0.1) is 5.56 Å². The van der Waals surface area contributed by atoms with Gasteiger partial charge in [-0.25, -0.2) is 8.78 Å². The third-order valence-electron chi connectivity index (χ3n) is 3.92. The van der Waals surface area contributed by atoms with Gasteiger partial charge in [-0.05, 0) is 30.7 Å². The minimum atomic E-state index is -1.70. The molecular weight excluding hydrogens is 351 g/mol. The molecule has 0 aliphatic heterocycles. The lowest BCUT2D eigenvalue weighted by Gasteiger charge is -2.18. The molecule has 21 heavy (non-hydrogen) atoms. The first kappa shape index (κ1) is 16.1. The van der Waals surface area contributed by atoms with Crippen molar-refractivity contribution < 1.29 is 23.1 Å². The predicted octanol–water partition coefficient (Wildman–Crippen LogP) is 3.35. The maximum atomic E-state index is 13.6. The number of phenols is 1. The fourth-order valence-electron chi connectivity index (χ4n) is 2.66. The first-order valence-electron chi connectivity index (χ1n) is 6.66. The van der Waals surface area contributed by atoms with E-state index in [0.29, 0.717) is 18.5 Å². The monoisotopic (exact) mass is 365 g/mol. The Labute approximate surface area is 128 Å². The number of carbonyl (C=O) groups is 1. The van der Waals surface area contributed by atoms with E-state index >= 15 is 0 Å². The molecule has 2 rings (SSSR count). The van der Waals surface area contributed by atoms with Crippen LogP contribution < -0.4 is 5.32 Å². The molecule has 0 aromatic heterocycles. The van der Waals surface area contributed by atoms with Crippen LogP contribution in [0.5, 0.6) is 5.75 Å². The van der Waals surface area contributed by atoms with E-state index in [1.54, 1.807) is 0 Å². The summed E-state index contributed by atoms with van der Waals surface area (Å²) in [4.78, 5) is 11.9. The van der Waals surface area contributed by atoms with Crippen LogP contribution in [0.4, 0.5) is 13.2 Å². The highest BCUT2D eigenvalue weighted by Gasteiger charge is 2.28. The van der Waals surface area contributed by atoms with E-state index in [0.717, 1.165) is 24.6 Å². The summed E-state index contributed by atoms with van der Waals surface area (Å²) >= 11 is 3.41. The first-order chi connectivity index (χ1) is 9.95. The fourth-order valence-corrected chi connectivity index (χ4v) is 3.51. The van der Waals surface area contributed by atoms with Gasteiger partial charge in [0.1, 0.15) is 0 Å². The Balaban J connectivity index is 2.07. The van der Waals surface area contributed by atoms with E-state index in [2.05, 4.69) is 21.2 Å². The molecule has 1 aliphatic carbocycles. The third-order valence-corrected chi connectivity index (χ3v) is 4.75. The van der Waals surface area contributed by atoms with Crippen LogP contribution in [0.15, 0.2) is 6.07 Å². The van der Waals surface area contributed by atoms with Gasteiger partial charge in [-0.2, -0.15) is 4.39 Å². The Morgan fingerprint density at radius 3 is 2.62 bits per heavy atom. The zero-order valence-electron chi connectivity index (χ0n) is 11.1. The highest BCUT2D eigenvalue weighted by atomic mass is 79.9. The maximum absolute atomic E-state index is 13.6. The molecule has 1 aromatic carbocycles. The molecule has 2 unspecified atom stereocenters. The molecule has 0 bridgehead atoms. The van der Waals surface area contributed by atoms with E-state index in [1.165, 1.54) is 0 Å². The third kappa shape index (κ3) is 3.33. The van der Waals surface area contributed by atoms with Gasteiger partial charge in [0, 0.05) is 11.9 Å². The summed E-state index contributed by atoms with van der Waals surface area (Å²) in [7, 11) is 0. The molecule has 0 radical (unpaired) electrons. The second-order valence-electron chi connectivity index (χ2n) is 5.20. The molecule has 1 saturated carbocycles. The van der Waals surface area contributed by atoms with Gasteiger partial charge in [0.25, 0.3) is 5.91 Å². The van der Waals surface area contributed by atoms with Crippen molar-refractivity contribution in [2.24, 2.45) is 11.8 Å². The van der Waals surface area contributed by atoms with Crippen molar-refractivity contribution >= 4 is 21.8 Å². The summed E-state index contributed by atoms with van der Waals surface area (Å²) < 4.78 is 39.7. The van der Waals surface area contributed by atoms with Gasteiger partial charge in [0.15, 0.2) is 17.4 Å². The van der Waals surface area contributed by atoms with Crippen molar-refractivity contribution in [2.45, 2.75) is 19.3 Å². The number of rotatable bonds is 4. The molecule has 0 saturated heterocycles. The summed E-state index contributed by atoms with van der Waals surface area (Å²) in [6.45, 7) is 0.342. The smallest absolute Gasteiger partial charge is 0.254 e. The summed E-state index contributed by atoms with van der Waals surface area (Å²) in [5, 5.41) is 12.4. The molecule has 2 N–H and O–H groups in total. The van der Waals surface area contributed by atoms with E-state index in [9.17, 15) is 18.0 Å². The summed E-state index contributed by atoms with van der Waals surface area (Å²) in [5.74, 6) is -6.22. The van der Waals surface area contributed by atoms with Crippen molar-refractivity contribution in [1.29, 1.82) is 0 Å². The minimum absolute atomic E-state index is 0.273. The summed E-state index contributed by atoms with van der Waals surface area (Å²) in [5.41, 5.74) is -0.695. The SMILES string of the molecule is O=C(NCC1CCCC1CBr)c1cc(F)c(F)c(O)c1F. The van der Waals surface area contributed by atoms with E-state index in [4.69, 9.17) is 5.11 Å². The van der Waals surface area contributed by atoms with Crippen molar-refractivity contribution in [1.82, 2.24) is 5.32 Å². The highest BCUT2D eigenvalue weighted by molar-refractivity contribution is 9.09. The zero-order chi connectivity index (χ0) is 15.6. The van der Waals surface area contributed by atoms with Gasteiger partial charge >= 0.3 is 0 Å². The lowest BCUT2D eigenvalue weighted by molar-refractivity contribution is 0.0939. The van der Waals surface area contributed by atoms with E-state index < -0.39 is 34.7 Å². The molecule has 1 aliphatic rings. The molecule has 1 amide bonds. The normalized spacial score (nSPS) is 21.5. The number of carbonyl (C=O) groups excluding carboxylic acids is 1. The van der Waals surface area contributed by atoms with Crippen LogP contribution in [0.2, 0.25) is 0 Å². The summed E-state index contributed by atoms with van der Waals surface area (Å²) in [6, 6.07) is 0.455. The van der Waals surface area contributed by atoms with Crippen molar-refractivity contribution in [2.75, 3.05) is 11.9 Å². The standard InChI is InChI=1S/C14H15BrF3NO2/c15-5-7-2-1-3-8(7)6-19-14(21)9-4-10(16)12(18)13(20)11(9)17/h4,7-8,20H,1-3,5-6H2,(H,19,21). The van der Waals surface area contributed by atoms with Crippen LogP contribution in [0.1, 0.15) is 29.6 Å². The predicted molar refractivity (Wildman–Crippen MR) is 74.9 cm³/mol. The number of hydrogen-bond donors (Lipinski definition) is 2. The van der Waals surface area contributed by atoms with Crippen molar-refractivity contribution in [3.8, 4) is 5.75 Å². The molecule has 0 spiro atoms. The average molecular weight is 366 g/mol. The minimum Gasteiger partial charge on any atom is -0.503 e. The van der Waals surface area contributed by atoms with Crippen LogP contribution >= 0.6 is 15.9 Å². The Hall–Kier alpha value is -1.24. The topological polar surface area (TPSA) is 49.3 Å². The van der Waals surface area contributed by atoms with Crippen LogP contribution in [-0.4, -0.2) is 22.9 Å². The molecule has 3 nitrogen and oxygen atoms in total. The number of nitrogens with one attached hydrogen (secondary N) is 1. The van der Waals surface area contributed by atoms with Crippen LogP contribution in [0.25, 0.3) is 0 Å². The van der Waals surface area contributed by atoms with E-state index in [-0.39, 0.29) is 5.92 Å². The van der Waals surface area contributed by atoms with Crippen LogP contribution in [-0.2, 0) is 0 Å². The number of alkyl halides is 1. The van der Waals surface area contributed by atoms with Gasteiger partial charge in [0.2, 0.25) is 5.82 Å². The highest BCUT2D eigenvalue weighted by Crippen LogP contribution is 2.32. The van der Waals surface area contributed by atoms with Gasteiger partial charge in [-0.3, -0.25) is 4.79 Å². The van der Waals surface area contributed by atoms with Crippen molar-refractivity contribution in [3.05, 3.63) is 29.1 Å². The van der Waals surface area contributed by atoms with Gasteiger partial charge in [-0.1, -0.05) is 22.4 Å². The zero-order valence-corrected chi connectivity index (χ0v) is 12.7. The van der Waals surface area contributed by atoms with E-state index in [1.807, 2.05) is 0 Å². The quantitative estimate of drug-likeness (QED) is 0.634. The number of phenolic OH excluding ortho intramolecular Hbond substituents is 1. The van der Waals surface area contributed by atoms with Gasteiger partial charge in [-0.15, -0.1) is 0 Å². The number of halogens is 4. The Morgan fingerprint density at radius 2 is 1.95 bits per heavy atom. The van der Waals surface area contributed by atoms with Crippen LogP contribution in [0, 0.1) is 29.3 Å². The molecule has 7 heteroatoms. The lowest BCUT2D eigenvalue weighted by Crippen LogP contribution is -2.31. The number of amides is 1. The number of hydrogen-bond acceptors (Lipinski definition) is 2. The molecule has 1 aromatic rings. The fraction of sp³-hybridized carbons (Fsp3) is 0.500. The maximum Gasteiger partial charge on any atom is 0.254 e. The Morgan fingerprint density at radius 1 is 1.29 bits per heavy atom. The van der Waals surface area contributed by atoms with Crippen LogP contribution in [0.3, 0.4) is 0 Å². The number of aromatic hydroxyl groups is 1. The number of benzene rings is 1. The molecule has 116 valence electrons. The Bertz CT molecular complexity index is 554. The molecular formula is C14H15BrF3NO2. The Kier molecular flexibility index (Phi) is 5.13. The average Bonchev–Trinajstić information content (AvgIpc) is 2.93. The molecule has 2 atom stereocenters. The first-order valence-corrected chi connectivity index (χ1v) is 7.78. The second kappa shape index (κ2) is 6.68. The largest absolute Gasteiger partial charge is 0.503 e.